The fourth-order valence-electron chi connectivity index (χ4n) is 9.27. The predicted molar refractivity (Wildman–Crippen MR) is 132 cm³/mol. The van der Waals surface area contributed by atoms with Crippen LogP contribution in [0.3, 0.4) is 0 Å². The van der Waals surface area contributed by atoms with E-state index in [1.54, 1.807) is 13.0 Å². The van der Waals surface area contributed by atoms with Gasteiger partial charge in [-0.15, -0.1) is 0 Å². The van der Waals surface area contributed by atoms with Crippen molar-refractivity contribution in [1.29, 1.82) is 0 Å². The van der Waals surface area contributed by atoms with Crippen LogP contribution in [0.1, 0.15) is 78.6 Å². The molecule has 4 aliphatic carbocycles. The van der Waals surface area contributed by atoms with E-state index in [2.05, 4.69) is 19.9 Å². The van der Waals surface area contributed by atoms with E-state index in [4.69, 9.17) is 14.2 Å². The van der Waals surface area contributed by atoms with Gasteiger partial charge in [0.2, 0.25) is 0 Å². The minimum atomic E-state index is -0.871. The van der Waals surface area contributed by atoms with Gasteiger partial charge in [-0.1, -0.05) is 25.5 Å². The molecule has 11 atom stereocenters. The summed E-state index contributed by atoms with van der Waals surface area (Å²) in [4.78, 5) is 11.8. The first kappa shape index (κ1) is 25.1. The number of rotatable bonds is 3. The number of ether oxygens (including phenoxy) is 3. The summed E-state index contributed by atoms with van der Waals surface area (Å²) in [5, 5.41) is 32.5. The van der Waals surface area contributed by atoms with E-state index in [1.807, 2.05) is 0 Å². The molecule has 0 amide bonds. The smallest absolute Gasteiger partial charge is 0.331 e. The second-order valence-corrected chi connectivity index (χ2v) is 12.9. The standard InChI is InChI=1S/C29H42O7/c1-16-26(32)23(30)14-25(35-16)36-19-6-9-27(2)18(13-19)4-5-22-21(27)7-10-28(3)20(8-11-29(22,28)33)17-12-24(31)34-15-17/h12-13,16,19-23,25-26,30,32-33H,4-11,14-15H2,1-3H3/t16-,19-,20-,21+,22-,23-,25+,26-,27+,28-,29-/m1/s1. The summed E-state index contributed by atoms with van der Waals surface area (Å²) >= 11 is 0. The van der Waals surface area contributed by atoms with Crippen molar-refractivity contribution in [3.63, 3.8) is 0 Å². The number of hydrogen-bond donors (Lipinski definition) is 3. The molecular formula is C29H42O7. The van der Waals surface area contributed by atoms with Gasteiger partial charge in [0, 0.05) is 17.9 Å². The van der Waals surface area contributed by atoms with Gasteiger partial charge >= 0.3 is 5.97 Å². The van der Waals surface area contributed by atoms with Crippen molar-refractivity contribution < 1.29 is 34.3 Å². The molecule has 36 heavy (non-hydrogen) atoms. The van der Waals surface area contributed by atoms with Crippen LogP contribution < -0.4 is 0 Å². The van der Waals surface area contributed by atoms with Crippen LogP contribution in [0.2, 0.25) is 0 Å². The Kier molecular flexibility index (Phi) is 6.01. The third-order valence-corrected chi connectivity index (χ3v) is 11.4. The zero-order valence-electron chi connectivity index (χ0n) is 21.8. The van der Waals surface area contributed by atoms with Crippen molar-refractivity contribution in [1.82, 2.24) is 0 Å². The Balaban J connectivity index is 1.20. The SMILES string of the molecule is C[C@H]1O[C@@H](O[C@H]2C=C3CC[C@@H]4[C@H](CC[C@]5(C)[C@@H](C6=CC(=O)OC6)CC[C@@]45O)[C@@]3(C)CC2)C[C@@H](O)[C@@H]1O. The average Bonchev–Trinajstić information content (AvgIpc) is 3.37. The Labute approximate surface area is 213 Å². The Bertz CT molecular complexity index is 963. The molecular weight excluding hydrogens is 460 g/mol. The van der Waals surface area contributed by atoms with Gasteiger partial charge in [0.05, 0.1) is 23.9 Å². The van der Waals surface area contributed by atoms with E-state index in [0.717, 1.165) is 56.9 Å². The molecule has 200 valence electrons. The number of allylic oxidation sites excluding steroid dienone is 1. The van der Waals surface area contributed by atoms with Gasteiger partial charge in [0.25, 0.3) is 0 Å². The summed E-state index contributed by atoms with van der Waals surface area (Å²) in [5.41, 5.74) is 1.65. The molecule has 7 nitrogen and oxygen atoms in total. The fourth-order valence-corrected chi connectivity index (χ4v) is 9.27. The summed E-state index contributed by atoms with van der Waals surface area (Å²) in [6.45, 7) is 6.81. The summed E-state index contributed by atoms with van der Waals surface area (Å²) in [6, 6.07) is 0. The second-order valence-electron chi connectivity index (χ2n) is 12.9. The van der Waals surface area contributed by atoms with Gasteiger partial charge < -0.3 is 29.5 Å². The largest absolute Gasteiger partial charge is 0.458 e. The van der Waals surface area contributed by atoms with E-state index in [9.17, 15) is 20.1 Å². The van der Waals surface area contributed by atoms with Gasteiger partial charge in [0.1, 0.15) is 12.7 Å². The van der Waals surface area contributed by atoms with Crippen molar-refractivity contribution in [2.45, 2.75) is 115 Å². The minimum Gasteiger partial charge on any atom is -0.458 e. The monoisotopic (exact) mass is 502 g/mol. The van der Waals surface area contributed by atoms with E-state index in [-0.39, 0.29) is 41.2 Å². The molecule has 0 aromatic rings. The lowest BCUT2D eigenvalue weighted by atomic mass is 9.45. The van der Waals surface area contributed by atoms with E-state index in [1.165, 1.54) is 5.57 Å². The number of fused-ring (bicyclic) bond motifs is 5. The maximum Gasteiger partial charge on any atom is 0.331 e. The lowest BCUT2D eigenvalue weighted by molar-refractivity contribution is -0.256. The molecule has 3 N–H and O–H groups in total. The third kappa shape index (κ3) is 3.60. The fraction of sp³-hybridized carbons (Fsp3) is 0.828. The van der Waals surface area contributed by atoms with Crippen molar-refractivity contribution in [3.8, 4) is 0 Å². The highest BCUT2D eigenvalue weighted by atomic mass is 16.7. The average molecular weight is 503 g/mol. The van der Waals surface area contributed by atoms with Crippen LogP contribution in [0.25, 0.3) is 0 Å². The Morgan fingerprint density at radius 1 is 1.06 bits per heavy atom. The van der Waals surface area contributed by atoms with E-state index in [0.29, 0.717) is 12.5 Å². The van der Waals surface area contributed by atoms with Crippen LogP contribution in [0.4, 0.5) is 0 Å². The quantitative estimate of drug-likeness (QED) is 0.401. The molecule has 7 heteroatoms. The molecule has 0 aromatic heterocycles. The molecule has 0 aromatic carbocycles. The van der Waals surface area contributed by atoms with Gasteiger partial charge in [-0.05, 0) is 87.0 Å². The summed E-state index contributed by atoms with van der Waals surface area (Å²) in [6.07, 6.45) is 9.19. The van der Waals surface area contributed by atoms with Crippen molar-refractivity contribution in [2.24, 2.45) is 28.6 Å². The first-order valence-corrected chi connectivity index (χ1v) is 14.0. The van der Waals surface area contributed by atoms with Crippen molar-refractivity contribution in [3.05, 3.63) is 23.3 Å². The lowest BCUT2D eigenvalue weighted by Crippen LogP contribution is -2.61. The van der Waals surface area contributed by atoms with Crippen molar-refractivity contribution >= 4 is 5.97 Å². The number of carbonyl (C=O) groups is 1. The molecule has 1 saturated heterocycles. The highest BCUT2D eigenvalue weighted by molar-refractivity contribution is 5.85. The molecule has 0 bridgehead atoms. The zero-order valence-corrected chi connectivity index (χ0v) is 21.8. The molecule has 4 fully saturated rings. The van der Waals surface area contributed by atoms with Gasteiger partial charge in [0.15, 0.2) is 6.29 Å². The third-order valence-electron chi connectivity index (χ3n) is 11.4. The zero-order chi connectivity index (χ0) is 25.5. The number of hydrogen-bond acceptors (Lipinski definition) is 7. The topological polar surface area (TPSA) is 105 Å². The summed E-state index contributed by atoms with van der Waals surface area (Å²) < 4.78 is 17.3. The molecule has 0 unspecified atom stereocenters. The Morgan fingerprint density at radius 2 is 1.86 bits per heavy atom. The molecule has 0 radical (unpaired) electrons. The number of aliphatic hydroxyl groups excluding tert-OH is 2. The Morgan fingerprint density at radius 3 is 2.58 bits per heavy atom. The van der Waals surface area contributed by atoms with Crippen LogP contribution in [-0.2, 0) is 19.0 Å². The van der Waals surface area contributed by atoms with Crippen molar-refractivity contribution in [2.75, 3.05) is 6.61 Å². The molecule has 2 aliphatic heterocycles. The number of carbonyl (C=O) groups excluding carboxylic acids is 1. The lowest BCUT2D eigenvalue weighted by Gasteiger charge is -2.62. The maximum absolute atomic E-state index is 12.3. The predicted octanol–water partition coefficient (Wildman–Crippen LogP) is 3.41. The summed E-state index contributed by atoms with van der Waals surface area (Å²) in [5.74, 6) is 0.679. The number of cyclic esters (lactones) is 1. The van der Waals surface area contributed by atoms with Gasteiger partial charge in [-0.2, -0.15) is 0 Å². The van der Waals surface area contributed by atoms with Crippen LogP contribution in [0.5, 0.6) is 0 Å². The maximum atomic E-state index is 12.3. The van der Waals surface area contributed by atoms with E-state index < -0.39 is 30.2 Å². The number of esters is 1. The molecule has 6 rings (SSSR count). The molecule has 0 spiro atoms. The van der Waals surface area contributed by atoms with Crippen LogP contribution >= 0.6 is 0 Å². The first-order chi connectivity index (χ1) is 17.0. The van der Waals surface area contributed by atoms with E-state index >= 15 is 0 Å². The van der Waals surface area contributed by atoms with Crippen LogP contribution in [0, 0.1) is 28.6 Å². The first-order valence-electron chi connectivity index (χ1n) is 14.0. The molecule has 3 saturated carbocycles. The minimum absolute atomic E-state index is 0.0519. The summed E-state index contributed by atoms with van der Waals surface area (Å²) in [7, 11) is 0. The Hall–Kier alpha value is -1.25. The number of aliphatic hydroxyl groups is 3. The highest BCUT2D eigenvalue weighted by Gasteiger charge is 2.67. The van der Waals surface area contributed by atoms with Crippen LogP contribution in [0.15, 0.2) is 23.3 Å². The normalized spacial score (nSPS) is 52.6. The molecule has 2 heterocycles. The molecule has 6 aliphatic rings. The van der Waals surface area contributed by atoms with Gasteiger partial charge in [-0.3, -0.25) is 0 Å². The second kappa shape index (κ2) is 8.63. The van der Waals surface area contributed by atoms with Crippen LogP contribution in [-0.4, -0.2) is 64.2 Å². The highest BCUT2D eigenvalue weighted by Crippen LogP contribution is 2.69. The van der Waals surface area contributed by atoms with Gasteiger partial charge in [-0.25, -0.2) is 4.79 Å².